The minimum Gasteiger partial charge on any atom is -0.399 e. The molecule has 0 radical (unpaired) electrons. The summed E-state index contributed by atoms with van der Waals surface area (Å²) < 4.78 is 4.96. The van der Waals surface area contributed by atoms with Crippen molar-refractivity contribution in [2.24, 2.45) is 0 Å². The minimum atomic E-state index is -0.0130. The predicted molar refractivity (Wildman–Crippen MR) is 80.2 cm³/mol. The number of hydrogen-bond acceptors (Lipinski definition) is 5. The van der Waals surface area contributed by atoms with Gasteiger partial charge in [0.1, 0.15) is 11.3 Å². The molecule has 0 spiro atoms. The van der Waals surface area contributed by atoms with E-state index < -0.39 is 0 Å². The zero-order chi connectivity index (χ0) is 14.8. The number of nitrogens with zero attached hydrogens (tertiary/aromatic N) is 3. The third kappa shape index (κ3) is 2.69. The highest BCUT2D eigenvalue weighted by molar-refractivity contribution is 5.94. The molecule has 2 aromatic rings. The van der Waals surface area contributed by atoms with Crippen molar-refractivity contribution in [2.45, 2.75) is 6.92 Å². The first-order chi connectivity index (χ1) is 10.1. The molecule has 2 heterocycles. The Morgan fingerprint density at radius 1 is 1.29 bits per heavy atom. The van der Waals surface area contributed by atoms with Gasteiger partial charge in [0, 0.05) is 37.6 Å². The number of carbonyl (C=O) groups is 1. The second-order valence-corrected chi connectivity index (χ2v) is 5.17. The third-order valence-electron chi connectivity index (χ3n) is 3.78. The monoisotopic (exact) mass is 286 g/mol. The minimum absolute atomic E-state index is 0.0130. The molecule has 2 N–H and O–H groups in total. The molecule has 0 unspecified atom stereocenters. The summed E-state index contributed by atoms with van der Waals surface area (Å²) in [4.78, 5) is 16.4. The van der Waals surface area contributed by atoms with Crippen molar-refractivity contribution in [1.82, 2.24) is 10.1 Å². The lowest BCUT2D eigenvalue weighted by Gasteiger charge is -2.36. The maximum Gasteiger partial charge on any atom is 0.259 e. The second-order valence-electron chi connectivity index (χ2n) is 5.17. The predicted octanol–water partition coefficient (Wildman–Crippen LogP) is 1.53. The van der Waals surface area contributed by atoms with Crippen LogP contribution in [0.3, 0.4) is 0 Å². The standard InChI is InChI=1S/C15H18N4O2/c1-11-14(10-17-21-11)15(20)19-7-5-18(6-8-19)13-4-2-3-12(16)9-13/h2-4,9-10H,5-8,16H2,1H3. The van der Waals surface area contributed by atoms with Crippen molar-refractivity contribution in [3.63, 3.8) is 0 Å². The van der Waals surface area contributed by atoms with Crippen LogP contribution < -0.4 is 10.6 Å². The Morgan fingerprint density at radius 2 is 2.05 bits per heavy atom. The highest BCUT2D eigenvalue weighted by atomic mass is 16.5. The quantitative estimate of drug-likeness (QED) is 0.847. The Balaban J connectivity index is 1.65. The lowest BCUT2D eigenvalue weighted by Crippen LogP contribution is -2.48. The Labute approximate surface area is 123 Å². The number of carbonyl (C=O) groups excluding carboxylic acids is 1. The summed E-state index contributed by atoms with van der Waals surface area (Å²) in [6.07, 6.45) is 1.49. The second kappa shape index (κ2) is 5.47. The number of anilines is 2. The summed E-state index contributed by atoms with van der Waals surface area (Å²) >= 11 is 0. The number of benzene rings is 1. The van der Waals surface area contributed by atoms with E-state index in [4.69, 9.17) is 10.3 Å². The van der Waals surface area contributed by atoms with Gasteiger partial charge >= 0.3 is 0 Å². The van der Waals surface area contributed by atoms with Gasteiger partial charge in [0.25, 0.3) is 5.91 Å². The smallest absolute Gasteiger partial charge is 0.259 e. The first-order valence-electron chi connectivity index (χ1n) is 6.96. The maximum atomic E-state index is 12.4. The van der Waals surface area contributed by atoms with Crippen LogP contribution in [0.1, 0.15) is 16.1 Å². The first kappa shape index (κ1) is 13.5. The van der Waals surface area contributed by atoms with Gasteiger partial charge in [-0.3, -0.25) is 4.79 Å². The summed E-state index contributed by atoms with van der Waals surface area (Å²) in [5.74, 6) is 0.555. The lowest BCUT2D eigenvalue weighted by atomic mass is 10.2. The van der Waals surface area contributed by atoms with Crippen molar-refractivity contribution in [3.8, 4) is 0 Å². The molecule has 21 heavy (non-hydrogen) atoms. The van der Waals surface area contributed by atoms with Gasteiger partial charge in [-0.15, -0.1) is 0 Å². The van der Waals surface area contributed by atoms with E-state index in [1.54, 1.807) is 6.92 Å². The largest absolute Gasteiger partial charge is 0.399 e. The van der Waals surface area contributed by atoms with Crippen LogP contribution in [0.25, 0.3) is 0 Å². The molecule has 0 bridgehead atoms. The van der Waals surface area contributed by atoms with E-state index >= 15 is 0 Å². The number of nitrogen functional groups attached to an aromatic ring is 1. The van der Waals surface area contributed by atoms with E-state index in [9.17, 15) is 4.79 Å². The molecule has 0 saturated carbocycles. The van der Waals surface area contributed by atoms with E-state index in [1.165, 1.54) is 6.20 Å². The van der Waals surface area contributed by atoms with E-state index in [0.717, 1.165) is 24.5 Å². The Kier molecular flexibility index (Phi) is 3.51. The van der Waals surface area contributed by atoms with Gasteiger partial charge in [-0.1, -0.05) is 11.2 Å². The summed E-state index contributed by atoms with van der Waals surface area (Å²) in [6.45, 7) is 4.69. The molecule has 6 heteroatoms. The zero-order valence-corrected chi connectivity index (χ0v) is 12.0. The van der Waals surface area contributed by atoms with Gasteiger partial charge < -0.3 is 20.1 Å². The Hall–Kier alpha value is -2.50. The Morgan fingerprint density at radius 3 is 2.67 bits per heavy atom. The summed E-state index contributed by atoms with van der Waals surface area (Å²) in [6, 6.07) is 7.82. The summed E-state index contributed by atoms with van der Waals surface area (Å²) in [5.41, 5.74) is 8.22. The fourth-order valence-electron chi connectivity index (χ4n) is 2.56. The molecular formula is C15H18N4O2. The van der Waals surface area contributed by atoms with Crippen LogP contribution in [0, 0.1) is 6.92 Å². The van der Waals surface area contributed by atoms with E-state index in [2.05, 4.69) is 10.1 Å². The molecule has 0 atom stereocenters. The van der Waals surface area contributed by atoms with Crippen molar-refractivity contribution >= 4 is 17.3 Å². The van der Waals surface area contributed by atoms with Crippen molar-refractivity contribution in [2.75, 3.05) is 36.8 Å². The molecule has 1 amide bonds. The SMILES string of the molecule is Cc1oncc1C(=O)N1CCN(c2cccc(N)c2)CC1. The van der Waals surface area contributed by atoms with Gasteiger partial charge in [0.15, 0.2) is 0 Å². The molecule has 110 valence electrons. The van der Waals surface area contributed by atoms with Crippen molar-refractivity contribution in [3.05, 3.63) is 41.8 Å². The topological polar surface area (TPSA) is 75.6 Å². The average Bonchev–Trinajstić information content (AvgIpc) is 2.93. The number of aryl methyl sites for hydroxylation is 1. The molecule has 1 aromatic carbocycles. The number of piperazine rings is 1. The molecule has 0 aliphatic carbocycles. The maximum absolute atomic E-state index is 12.4. The van der Waals surface area contributed by atoms with Crippen LogP contribution in [0.2, 0.25) is 0 Å². The molecule has 1 fully saturated rings. The van der Waals surface area contributed by atoms with E-state index in [-0.39, 0.29) is 5.91 Å². The number of nitrogens with two attached hydrogens (primary N) is 1. The first-order valence-corrected chi connectivity index (χ1v) is 6.96. The Bertz CT molecular complexity index is 645. The number of hydrogen-bond donors (Lipinski definition) is 1. The zero-order valence-electron chi connectivity index (χ0n) is 12.0. The number of aromatic nitrogens is 1. The molecular weight excluding hydrogens is 268 g/mol. The van der Waals surface area contributed by atoms with Gasteiger partial charge in [-0.05, 0) is 25.1 Å². The van der Waals surface area contributed by atoms with Crippen molar-refractivity contribution in [1.29, 1.82) is 0 Å². The van der Waals surface area contributed by atoms with Crippen LogP contribution in [0.15, 0.2) is 35.0 Å². The fourth-order valence-corrected chi connectivity index (χ4v) is 2.56. The summed E-state index contributed by atoms with van der Waals surface area (Å²) in [7, 11) is 0. The number of rotatable bonds is 2. The average molecular weight is 286 g/mol. The van der Waals surface area contributed by atoms with E-state index in [1.807, 2.05) is 29.2 Å². The van der Waals surface area contributed by atoms with Crippen LogP contribution in [0.4, 0.5) is 11.4 Å². The highest BCUT2D eigenvalue weighted by Gasteiger charge is 2.24. The molecule has 1 aromatic heterocycles. The number of amides is 1. The van der Waals surface area contributed by atoms with Crippen LogP contribution in [0.5, 0.6) is 0 Å². The van der Waals surface area contributed by atoms with Gasteiger partial charge in [-0.2, -0.15) is 0 Å². The highest BCUT2D eigenvalue weighted by Crippen LogP contribution is 2.20. The lowest BCUT2D eigenvalue weighted by molar-refractivity contribution is 0.0745. The molecule has 1 aliphatic rings. The van der Waals surface area contributed by atoms with Crippen molar-refractivity contribution < 1.29 is 9.32 Å². The van der Waals surface area contributed by atoms with Gasteiger partial charge in [0.05, 0.1) is 6.20 Å². The normalized spacial score (nSPS) is 15.3. The molecule has 3 rings (SSSR count). The molecule has 1 aliphatic heterocycles. The van der Waals surface area contributed by atoms with Crippen LogP contribution in [-0.2, 0) is 0 Å². The van der Waals surface area contributed by atoms with E-state index in [0.29, 0.717) is 24.4 Å². The third-order valence-corrected chi connectivity index (χ3v) is 3.78. The summed E-state index contributed by atoms with van der Waals surface area (Å²) in [5, 5.41) is 3.66. The van der Waals surface area contributed by atoms with Crippen LogP contribution in [-0.4, -0.2) is 42.1 Å². The van der Waals surface area contributed by atoms with Crippen LogP contribution >= 0.6 is 0 Å². The fraction of sp³-hybridized carbons (Fsp3) is 0.333. The van der Waals surface area contributed by atoms with Gasteiger partial charge in [-0.25, -0.2) is 0 Å². The molecule has 6 nitrogen and oxygen atoms in total. The van der Waals surface area contributed by atoms with Gasteiger partial charge in [0.2, 0.25) is 0 Å². The molecule has 1 saturated heterocycles.